The summed E-state index contributed by atoms with van der Waals surface area (Å²) < 4.78 is 5.60. The van der Waals surface area contributed by atoms with Gasteiger partial charge in [0.15, 0.2) is 0 Å². The molecular weight excluding hydrogens is 252 g/mol. The van der Waals surface area contributed by atoms with Gasteiger partial charge in [0.1, 0.15) is 0 Å². The predicted octanol–water partition coefficient (Wildman–Crippen LogP) is 2.09. The second-order valence-electron chi connectivity index (χ2n) is 5.76. The Balaban J connectivity index is 1.67. The zero-order valence-corrected chi connectivity index (χ0v) is 12.8. The lowest BCUT2D eigenvalue weighted by Crippen LogP contribution is -2.41. The van der Waals surface area contributed by atoms with Gasteiger partial charge in [-0.05, 0) is 39.2 Å². The van der Waals surface area contributed by atoms with E-state index >= 15 is 0 Å². The smallest absolute Gasteiger partial charge is 0.222 e. The van der Waals surface area contributed by atoms with Crippen molar-refractivity contribution in [2.45, 2.75) is 45.8 Å². The van der Waals surface area contributed by atoms with Crippen molar-refractivity contribution in [3.8, 4) is 0 Å². The SMILES string of the molecule is Cc1cnc(NC2CCN(CCOC(C)C)CC2)nc1. The minimum absolute atomic E-state index is 0.327. The third-order valence-electron chi connectivity index (χ3n) is 3.56. The Morgan fingerprint density at radius 2 is 1.95 bits per heavy atom. The molecule has 1 N–H and O–H groups in total. The maximum atomic E-state index is 5.60. The standard InChI is InChI=1S/C15H26N4O/c1-12(2)20-9-8-19-6-4-14(5-7-19)18-15-16-10-13(3)11-17-15/h10-12,14H,4-9H2,1-3H3,(H,16,17,18). The molecule has 0 atom stereocenters. The molecular formula is C15H26N4O. The summed E-state index contributed by atoms with van der Waals surface area (Å²) in [6.07, 6.45) is 6.31. The molecule has 0 bridgehead atoms. The van der Waals surface area contributed by atoms with Crippen molar-refractivity contribution < 1.29 is 4.74 Å². The minimum atomic E-state index is 0.327. The highest BCUT2D eigenvalue weighted by atomic mass is 16.5. The third-order valence-corrected chi connectivity index (χ3v) is 3.56. The van der Waals surface area contributed by atoms with Gasteiger partial charge in [0.05, 0.1) is 12.7 Å². The molecule has 0 aromatic carbocycles. The van der Waals surface area contributed by atoms with E-state index in [1.54, 1.807) is 0 Å². The van der Waals surface area contributed by atoms with Crippen LogP contribution in [-0.4, -0.2) is 53.3 Å². The van der Waals surface area contributed by atoms with Crippen LogP contribution in [0.1, 0.15) is 32.3 Å². The van der Waals surface area contributed by atoms with Crippen LogP contribution >= 0.6 is 0 Å². The van der Waals surface area contributed by atoms with Crippen molar-refractivity contribution in [3.05, 3.63) is 18.0 Å². The lowest BCUT2D eigenvalue weighted by atomic mass is 10.1. The number of anilines is 1. The maximum absolute atomic E-state index is 5.60. The number of hydrogen-bond donors (Lipinski definition) is 1. The average molecular weight is 278 g/mol. The summed E-state index contributed by atoms with van der Waals surface area (Å²) >= 11 is 0. The second-order valence-corrected chi connectivity index (χ2v) is 5.76. The van der Waals surface area contributed by atoms with Gasteiger partial charge in [-0.1, -0.05) is 0 Å². The first-order valence-corrected chi connectivity index (χ1v) is 7.52. The van der Waals surface area contributed by atoms with Crippen molar-refractivity contribution in [1.82, 2.24) is 14.9 Å². The fourth-order valence-corrected chi connectivity index (χ4v) is 2.37. The highest BCUT2D eigenvalue weighted by molar-refractivity contribution is 5.26. The normalized spacial score (nSPS) is 17.6. The largest absolute Gasteiger partial charge is 0.377 e. The Labute approximate surface area is 121 Å². The summed E-state index contributed by atoms with van der Waals surface area (Å²) in [6, 6.07) is 0.486. The Bertz CT molecular complexity index is 385. The van der Waals surface area contributed by atoms with Crippen LogP contribution < -0.4 is 5.32 Å². The molecule has 20 heavy (non-hydrogen) atoms. The van der Waals surface area contributed by atoms with Gasteiger partial charge in [0.25, 0.3) is 0 Å². The van der Waals surface area contributed by atoms with Gasteiger partial charge in [-0.2, -0.15) is 0 Å². The molecule has 2 heterocycles. The number of hydrogen-bond acceptors (Lipinski definition) is 5. The fraction of sp³-hybridized carbons (Fsp3) is 0.733. The van der Waals surface area contributed by atoms with E-state index < -0.39 is 0 Å². The molecule has 0 spiro atoms. The lowest BCUT2D eigenvalue weighted by Gasteiger charge is -2.32. The lowest BCUT2D eigenvalue weighted by molar-refractivity contribution is 0.0543. The molecule has 0 saturated carbocycles. The van der Waals surface area contributed by atoms with Crippen molar-refractivity contribution in [2.24, 2.45) is 0 Å². The van der Waals surface area contributed by atoms with Crippen LogP contribution in [0.3, 0.4) is 0 Å². The average Bonchev–Trinajstić information content (AvgIpc) is 2.43. The topological polar surface area (TPSA) is 50.3 Å². The Morgan fingerprint density at radius 3 is 2.55 bits per heavy atom. The highest BCUT2D eigenvalue weighted by Gasteiger charge is 2.19. The summed E-state index contributed by atoms with van der Waals surface area (Å²) in [5.41, 5.74) is 1.09. The second kappa shape index (κ2) is 7.55. The van der Waals surface area contributed by atoms with Gasteiger partial charge < -0.3 is 15.0 Å². The van der Waals surface area contributed by atoms with Crippen LogP contribution in [-0.2, 0) is 4.74 Å². The van der Waals surface area contributed by atoms with Gasteiger partial charge in [0, 0.05) is 38.1 Å². The van der Waals surface area contributed by atoms with E-state index in [4.69, 9.17) is 4.74 Å². The summed E-state index contributed by atoms with van der Waals surface area (Å²) in [5, 5.41) is 3.42. The summed E-state index contributed by atoms with van der Waals surface area (Å²) in [6.45, 7) is 10.3. The molecule has 0 aliphatic carbocycles. The third kappa shape index (κ3) is 5.06. The highest BCUT2D eigenvalue weighted by Crippen LogP contribution is 2.14. The molecule has 112 valence electrons. The molecule has 1 aromatic heterocycles. The van der Waals surface area contributed by atoms with Crippen LogP contribution in [0.4, 0.5) is 5.95 Å². The monoisotopic (exact) mass is 278 g/mol. The Morgan fingerprint density at radius 1 is 1.30 bits per heavy atom. The Kier molecular flexibility index (Phi) is 5.73. The van der Waals surface area contributed by atoms with E-state index in [0.717, 1.165) is 50.6 Å². The summed E-state index contributed by atoms with van der Waals surface area (Å²) in [5.74, 6) is 0.747. The van der Waals surface area contributed by atoms with Crippen LogP contribution in [0.2, 0.25) is 0 Å². The van der Waals surface area contributed by atoms with Crippen molar-refractivity contribution >= 4 is 5.95 Å². The van der Waals surface area contributed by atoms with E-state index in [1.165, 1.54) is 0 Å². The molecule has 1 aromatic rings. The number of rotatable bonds is 6. The van der Waals surface area contributed by atoms with Gasteiger partial charge >= 0.3 is 0 Å². The molecule has 0 unspecified atom stereocenters. The molecule has 5 heteroatoms. The number of piperidine rings is 1. The van der Waals surface area contributed by atoms with Crippen LogP contribution in [0.15, 0.2) is 12.4 Å². The van der Waals surface area contributed by atoms with Gasteiger partial charge in [-0.25, -0.2) is 9.97 Å². The molecule has 2 rings (SSSR count). The van der Waals surface area contributed by atoms with E-state index in [-0.39, 0.29) is 0 Å². The summed E-state index contributed by atoms with van der Waals surface area (Å²) in [7, 11) is 0. The van der Waals surface area contributed by atoms with Crippen LogP contribution in [0.25, 0.3) is 0 Å². The molecule has 0 radical (unpaired) electrons. The van der Waals surface area contributed by atoms with Gasteiger partial charge in [0.2, 0.25) is 5.95 Å². The van der Waals surface area contributed by atoms with E-state index in [2.05, 4.69) is 34.0 Å². The first-order valence-electron chi connectivity index (χ1n) is 7.52. The fourth-order valence-electron chi connectivity index (χ4n) is 2.37. The molecule has 1 aliphatic heterocycles. The number of likely N-dealkylation sites (tertiary alicyclic amines) is 1. The zero-order valence-electron chi connectivity index (χ0n) is 12.8. The maximum Gasteiger partial charge on any atom is 0.222 e. The number of ether oxygens (including phenoxy) is 1. The van der Waals surface area contributed by atoms with E-state index in [0.29, 0.717) is 12.1 Å². The first-order chi connectivity index (χ1) is 9.63. The van der Waals surface area contributed by atoms with Gasteiger partial charge in [-0.3, -0.25) is 0 Å². The molecule has 0 amide bonds. The van der Waals surface area contributed by atoms with Crippen LogP contribution in [0, 0.1) is 6.92 Å². The number of aromatic nitrogens is 2. The quantitative estimate of drug-likeness (QED) is 0.863. The number of nitrogens with zero attached hydrogens (tertiary/aromatic N) is 3. The molecule has 1 fully saturated rings. The zero-order chi connectivity index (χ0) is 14.4. The van der Waals surface area contributed by atoms with E-state index in [1.807, 2.05) is 19.3 Å². The molecule has 1 aliphatic rings. The van der Waals surface area contributed by atoms with Crippen molar-refractivity contribution in [2.75, 3.05) is 31.6 Å². The molecule has 5 nitrogen and oxygen atoms in total. The molecule has 1 saturated heterocycles. The van der Waals surface area contributed by atoms with E-state index in [9.17, 15) is 0 Å². The predicted molar refractivity (Wildman–Crippen MR) is 80.9 cm³/mol. The van der Waals surface area contributed by atoms with Crippen LogP contribution in [0.5, 0.6) is 0 Å². The van der Waals surface area contributed by atoms with Crippen molar-refractivity contribution in [1.29, 1.82) is 0 Å². The van der Waals surface area contributed by atoms with Gasteiger partial charge in [-0.15, -0.1) is 0 Å². The number of nitrogens with one attached hydrogen (secondary N) is 1. The first kappa shape index (κ1) is 15.2. The Hall–Kier alpha value is -1.20. The summed E-state index contributed by atoms with van der Waals surface area (Å²) in [4.78, 5) is 11.1. The number of aryl methyl sites for hydroxylation is 1. The minimum Gasteiger partial charge on any atom is -0.377 e. The van der Waals surface area contributed by atoms with Crippen molar-refractivity contribution in [3.63, 3.8) is 0 Å².